The van der Waals surface area contributed by atoms with E-state index in [1.54, 1.807) is 0 Å². The van der Waals surface area contributed by atoms with Crippen molar-refractivity contribution in [3.63, 3.8) is 0 Å². The van der Waals surface area contributed by atoms with Gasteiger partial charge in [-0.05, 0) is 35.1 Å². The number of carboxylic acids is 1. The number of hydrogen-bond acceptors (Lipinski definition) is 5. The van der Waals surface area contributed by atoms with Gasteiger partial charge in [0.1, 0.15) is 6.04 Å². The van der Waals surface area contributed by atoms with Gasteiger partial charge in [0.05, 0.1) is 6.04 Å². The number of carboxylic acid groups (broad SMARTS) is 1. The second-order valence-electron chi connectivity index (χ2n) is 5.47. The second kappa shape index (κ2) is 7.88. The van der Waals surface area contributed by atoms with Crippen molar-refractivity contribution in [2.45, 2.75) is 38.3 Å². The maximum atomic E-state index is 12.6. The fourth-order valence-electron chi connectivity index (χ4n) is 2.87. The number of hydrogen-bond donors (Lipinski definition) is 2. The molecule has 2 heterocycles. The van der Waals surface area contributed by atoms with Gasteiger partial charge in [-0.3, -0.25) is 4.79 Å². The van der Waals surface area contributed by atoms with Gasteiger partial charge in [-0.25, -0.2) is 4.79 Å². The summed E-state index contributed by atoms with van der Waals surface area (Å²) in [5, 5.41) is 23.7. The largest absolute Gasteiger partial charge is 0.503 e. The first-order chi connectivity index (χ1) is 11.0. The number of aliphatic carboxylic acids is 1. The molecule has 5 nitrogen and oxygen atoms in total. The van der Waals surface area contributed by atoms with E-state index < -0.39 is 24.0 Å². The van der Waals surface area contributed by atoms with Crippen LogP contribution in [-0.2, 0) is 9.59 Å². The summed E-state index contributed by atoms with van der Waals surface area (Å²) in [4.78, 5) is 25.6. The summed E-state index contributed by atoms with van der Waals surface area (Å²) in [6.45, 7) is 1.98. The van der Waals surface area contributed by atoms with Gasteiger partial charge in [-0.15, -0.1) is 0 Å². The monoisotopic (exact) mass is 355 g/mol. The third-order valence-electron chi connectivity index (χ3n) is 3.96. The van der Waals surface area contributed by atoms with Crippen molar-refractivity contribution in [2.24, 2.45) is 0 Å². The number of amides is 1. The maximum absolute atomic E-state index is 12.6. The molecule has 0 saturated carbocycles. The number of aliphatic hydroxyl groups is 1. The molecule has 0 aromatic carbocycles. The van der Waals surface area contributed by atoms with Crippen LogP contribution in [-0.4, -0.2) is 45.0 Å². The fraction of sp³-hybridized carbons (Fsp3) is 0.500. The van der Waals surface area contributed by atoms with E-state index in [0.29, 0.717) is 17.7 Å². The van der Waals surface area contributed by atoms with E-state index in [9.17, 15) is 19.8 Å². The first-order valence-electron chi connectivity index (χ1n) is 7.51. The van der Waals surface area contributed by atoms with Crippen molar-refractivity contribution in [3.05, 3.63) is 33.7 Å². The Labute approximate surface area is 144 Å². The van der Waals surface area contributed by atoms with Crippen LogP contribution in [0.15, 0.2) is 28.2 Å². The fourth-order valence-corrected chi connectivity index (χ4v) is 4.15. The van der Waals surface area contributed by atoms with Crippen molar-refractivity contribution in [1.82, 2.24) is 4.90 Å². The van der Waals surface area contributed by atoms with Crippen molar-refractivity contribution in [1.29, 1.82) is 0 Å². The summed E-state index contributed by atoms with van der Waals surface area (Å²) in [5.74, 6) is -1.40. The van der Waals surface area contributed by atoms with Crippen LogP contribution >= 0.6 is 23.1 Å². The average molecular weight is 355 g/mol. The number of rotatable bonds is 8. The van der Waals surface area contributed by atoms with E-state index in [4.69, 9.17) is 0 Å². The van der Waals surface area contributed by atoms with Crippen LogP contribution in [0.25, 0.3) is 0 Å². The molecule has 1 aliphatic rings. The van der Waals surface area contributed by atoms with Crippen LogP contribution in [0, 0.1) is 0 Å². The summed E-state index contributed by atoms with van der Waals surface area (Å²) in [6, 6.07) is 0.473. The number of aliphatic hydroxyl groups excluding tert-OH is 1. The van der Waals surface area contributed by atoms with Gasteiger partial charge in [0.25, 0.3) is 5.91 Å². The SMILES string of the molecule is CCCCC(C(=O)O)N1C(=O)C(O)=C(CSC)C1c1ccsc1. The van der Waals surface area contributed by atoms with Crippen molar-refractivity contribution >= 4 is 35.0 Å². The van der Waals surface area contributed by atoms with E-state index in [1.165, 1.54) is 28.0 Å². The van der Waals surface area contributed by atoms with Gasteiger partial charge < -0.3 is 15.1 Å². The molecule has 7 heteroatoms. The molecule has 1 aliphatic heterocycles. The molecule has 1 aromatic heterocycles. The summed E-state index contributed by atoms with van der Waals surface area (Å²) in [5.41, 5.74) is 1.46. The molecule has 0 bridgehead atoms. The predicted octanol–water partition coefficient (Wildman–Crippen LogP) is 3.45. The lowest BCUT2D eigenvalue weighted by atomic mass is 10.0. The Morgan fingerprint density at radius 2 is 2.26 bits per heavy atom. The third kappa shape index (κ3) is 3.55. The summed E-state index contributed by atoms with van der Waals surface area (Å²) < 4.78 is 0. The van der Waals surface area contributed by atoms with Gasteiger partial charge in [0.2, 0.25) is 0 Å². The molecule has 2 atom stereocenters. The standard InChI is InChI=1S/C16H21NO4S2/c1-3-4-5-12(16(20)21)17-13(10-6-7-23-8-10)11(9-22-2)14(18)15(17)19/h6-8,12-13,18H,3-5,9H2,1-2H3,(H,20,21). The molecular formula is C16H21NO4S2. The van der Waals surface area contributed by atoms with Crippen LogP contribution in [0.5, 0.6) is 0 Å². The van der Waals surface area contributed by atoms with Crippen LogP contribution in [0.3, 0.4) is 0 Å². The highest BCUT2D eigenvalue weighted by atomic mass is 32.2. The first-order valence-corrected chi connectivity index (χ1v) is 9.85. The Morgan fingerprint density at radius 3 is 2.78 bits per heavy atom. The average Bonchev–Trinajstić information content (AvgIpc) is 3.11. The molecule has 2 unspecified atom stereocenters. The van der Waals surface area contributed by atoms with Crippen molar-refractivity contribution in [2.75, 3.05) is 12.0 Å². The normalized spacial score (nSPS) is 19.5. The Bertz CT molecular complexity index is 597. The Hall–Kier alpha value is -1.47. The quantitative estimate of drug-likeness (QED) is 0.747. The van der Waals surface area contributed by atoms with Crippen molar-refractivity contribution < 1.29 is 19.8 Å². The number of thiophene rings is 1. The Morgan fingerprint density at radius 1 is 1.52 bits per heavy atom. The molecule has 0 aliphatic carbocycles. The zero-order valence-corrected chi connectivity index (χ0v) is 14.8. The van der Waals surface area contributed by atoms with Gasteiger partial charge in [0, 0.05) is 11.3 Å². The highest BCUT2D eigenvalue weighted by Gasteiger charge is 2.45. The third-order valence-corrected chi connectivity index (χ3v) is 5.26. The lowest BCUT2D eigenvalue weighted by molar-refractivity contribution is -0.150. The molecule has 0 radical (unpaired) electrons. The minimum absolute atomic E-state index is 0.293. The lowest BCUT2D eigenvalue weighted by Crippen LogP contribution is -2.44. The lowest BCUT2D eigenvalue weighted by Gasteiger charge is -2.31. The zero-order valence-electron chi connectivity index (χ0n) is 13.2. The minimum Gasteiger partial charge on any atom is -0.503 e. The molecule has 126 valence electrons. The molecule has 0 saturated heterocycles. The number of carbonyl (C=O) groups excluding carboxylic acids is 1. The molecule has 2 rings (SSSR count). The van der Waals surface area contributed by atoms with Gasteiger partial charge in [-0.2, -0.15) is 23.1 Å². The molecular weight excluding hydrogens is 334 g/mol. The summed E-state index contributed by atoms with van der Waals surface area (Å²) in [7, 11) is 0. The number of nitrogens with zero attached hydrogens (tertiary/aromatic N) is 1. The molecule has 0 fully saturated rings. The van der Waals surface area contributed by atoms with E-state index in [0.717, 1.165) is 18.4 Å². The van der Waals surface area contributed by atoms with Gasteiger partial charge in [0.15, 0.2) is 5.76 Å². The second-order valence-corrected chi connectivity index (χ2v) is 7.12. The smallest absolute Gasteiger partial charge is 0.326 e. The molecule has 0 spiro atoms. The van der Waals surface area contributed by atoms with Crippen LogP contribution < -0.4 is 0 Å². The van der Waals surface area contributed by atoms with Crippen LogP contribution in [0.4, 0.5) is 0 Å². The highest BCUT2D eigenvalue weighted by Crippen LogP contribution is 2.41. The van der Waals surface area contributed by atoms with E-state index in [1.807, 2.05) is 30.0 Å². The minimum atomic E-state index is -1.02. The Kier molecular flexibility index (Phi) is 6.12. The van der Waals surface area contributed by atoms with E-state index in [2.05, 4.69) is 0 Å². The summed E-state index contributed by atoms with van der Waals surface area (Å²) in [6.07, 6.45) is 3.85. The molecule has 1 aromatic rings. The van der Waals surface area contributed by atoms with Crippen LogP contribution in [0.1, 0.15) is 37.8 Å². The number of thioether (sulfide) groups is 1. The number of unbranched alkanes of at least 4 members (excludes halogenated alkanes) is 1. The van der Waals surface area contributed by atoms with Gasteiger partial charge in [-0.1, -0.05) is 19.8 Å². The van der Waals surface area contributed by atoms with Gasteiger partial charge >= 0.3 is 5.97 Å². The van der Waals surface area contributed by atoms with E-state index >= 15 is 0 Å². The highest BCUT2D eigenvalue weighted by molar-refractivity contribution is 7.98. The molecule has 1 amide bonds. The summed E-state index contributed by atoms with van der Waals surface area (Å²) >= 11 is 3.00. The number of carbonyl (C=O) groups is 2. The predicted molar refractivity (Wildman–Crippen MR) is 92.9 cm³/mol. The van der Waals surface area contributed by atoms with E-state index in [-0.39, 0.29) is 5.76 Å². The molecule has 23 heavy (non-hydrogen) atoms. The van der Waals surface area contributed by atoms with Crippen molar-refractivity contribution in [3.8, 4) is 0 Å². The topological polar surface area (TPSA) is 77.8 Å². The van der Waals surface area contributed by atoms with Crippen LogP contribution in [0.2, 0.25) is 0 Å². The maximum Gasteiger partial charge on any atom is 0.326 e. The molecule has 2 N–H and O–H groups in total. The zero-order chi connectivity index (χ0) is 17.0. The first kappa shape index (κ1) is 17.9. The Balaban J connectivity index is 2.44.